The van der Waals surface area contributed by atoms with Crippen LogP contribution in [0, 0.1) is 0 Å². The second-order valence-electron chi connectivity index (χ2n) is 4.01. The van der Waals surface area contributed by atoms with Crippen LogP contribution < -0.4 is 4.74 Å². The van der Waals surface area contributed by atoms with E-state index in [4.69, 9.17) is 4.74 Å². The van der Waals surface area contributed by atoms with Gasteiger partial charge < -0.3 is 14.6 Å². The zero-order valence-corrected chi connectivity index (χ0v) is 10.6. The first-order valence-electron chi connectivity index (χ1n) is 5.97. The first-order valence-corrected chi connectivity index (χ1v) is 5.97. The zero-order chi connectivity index (χ0) is 14.3. The lowest BCUT2D eigenvalue weighted by Crippen LogP contribution is -2.19. The van der Waals surface area contributed by atoms with Crippen molar-refractivity contribution in [1.82, 2.24) is 0 Å². The third-order valence-corrected chi connectivity index (χ3v) is 2.41. The monoisotopic (exact) mass is 278 g/mol. The van der Waals surface area contributed by atoms with Gasteiger partial charge in [-0.2, -0.15) is 13.2 Å². The molecule has 3 nitrogen and oxygen atoms in total. The molecule has 19 heavy (non-hydrogen) atoms. The number of ether oxygens (including phenoxy) is 2. The molecule has 1 aromatic carbocycles. The Balaban J connectivity index is 2.27. The number of hydrogen-bond acceptors (Lipinski definition) is 3. The van der Waals surface area contributed by atoms with Gasteiger partial charge in [0.05, 0.1) is 12.7 Å². The summed E-state index contributed by atoms with van der Waals surface area (Å²) in [5.41, 5.74) is 0.781. The summed E-state index contributed by atoms with van der Waals surface area (Å²) in [5.74, 6) is 0.530. The van der Waals surface area contributed by atoms with Crippen molar-refractivity contribution in [3.8, 4) is 5.75 Å². The van der Waals surface area contributed by atoms with Crippen molar-refractivity contribution in [1.29, 1.82) is 0 Å². The Bertz CT molecular complexity index is 362. The minimum Gasteiger partial charge on any atom is -0.491 e. The quantitative estimate of drug-likeness (QED) is 0.779. The Morgan fingerprint density at radius 1 is 1.16 bits per heavy atom. The minimum absolute atomic E-state index is 0.0474. The van der Waals surface area contributed by atoms with E-state index < -0.39 is 18.9 Å². The molecule has 0 aliphatic heterocycles. The highest BCUT2D eigenvalue weighted by Crippen LogP contribution is 2.19. The van der Waals surface area contributed by atoms with Gasteiger partial charge in [-0.1, -0.05) is 19.1 Å². The van der Waals surface area contributed by atoms with Crippen molar-refractivity contribution in [2.75, 3.05) is 19.8 Å². The molecule has 0 radical (unpaired) electrons. The van der Waals surface area contributed by atoms with E-state index in [1.807, 2.05) is 6.92 Å². The van der Waals surface area contributed by atoms with E-state index in [1.165, 1.54) is 0 Å². The van der Waals surface area contributed by atoms with E-state index in [2.05, 4.69) is 4.74 Å². The number of benzene rings is 1. The minimum atomic E-state index is -4.31. The highest BCUT2D eigenvalue weighted by Gasteiger charge is 2.27. The van der Waals surface area contributed by atoms with E-state index in [1.54, 1.807) is 24.3 Å². The van der Waals surface area contributed by atoms with Gasteiger partial charge in [-0.25, -0.2) is 0 Å². The normalized spacial score (nSPS) is 13.3. The molecule has 0 aliphatic carbocycles. The number of aliphatic hydroxyl groups is 1. The third-order valence-electron chi connectivity index (χ3n) is 2.41. The lowest BCUT2D eigenvalue weighted by atomic mass is 10.1. The molecule has 6 heteroatoms. The smallest absolute Gasteiger partial charge is 0.411 e. The summed E-state index contributed by atoms with van der Waals surface area (Å²) >= 11 is 0. The number of alkyl halides is 3. The van der Waals surface area contributed by atoms with Crippen molar-refractivity contribution in [3.05, 3.63) is 29.8 Å². The SMILES string of the molecule is CCC(O)c1ccc(OCCOCC(F)(F)F)cc1. The van der Waals surface area contributed by atoms with Gasteiger partial charge in [-0.3, -0.25) is 0 Å². The average Bonchev–Trinajstić information content (AvgIpc) is 2.37. The standard InChI is InChI=1S/C13H17F3O3/c1-2-12(17)10-3-5-11(6-4-10)19-8-7-18-9-13(14,15)16/h3-6,12,17H,2,7-9H2,1H3. The van der Waals surface area contributed by atoms with Crippen LogP contribution in [0.25, 0.3) is 0 Å². The number of rotatable bonds is 7. The molecule has 0 fully saturated rings. The maximum atomic E-state index is 11.8. The summed E-state index contributed by atoms with van der Waals surface area (Å²) in [6.45, 7) is 0.523. The second kappa shape index (κ2) is 7.35. The molecule has 0 spiro atoms. The van der Waals surface area contributed by atoms with Crippen LogP contribution in [-0.4, -0.2) is 31.1 Å². The first kappa shape index (κ1) is 15.8. The van der Waals surface area contributed by atoms with Gasteiger partial charge in [-0.15, -0.1) is 0 Å². The van der Waals surface area contributed by atoms with E-state index in [0.717, 1.165) is 5.56 Å². The zero-order valence-electron chi connectivity index (χ0n) is 10.6. The highest BCUT2D eigenvalue weighted by atomic mass is 19.4. The molecule has 0 saturated heterocycles. The van der Waals surface area contributed by atoms with Crippen LogP contribution >= 0.6 is 0 Å². The summed E-state index contributed by atoms with van der Waals surface area (Å²) in [4.78, 5) is 0. The van der Waals surface area contributed by atoms with E-state index in [9.17, 15) is 18.3 Å². The fourth-order valence-corrected chi connectivity index (χ4v) is 1.43. The lowest BCUT2D eigenvalue weighted by molar-refractivity contribution is -0.175. The Morgan fingerprint density at radius 3 is 2.32 bits per heavy atom. The molecule has 0 aromatic heterocycles. The molecule has 0 saturated carbocycles. The largest absolute Gasteiger partial charge is 0.491 e. The van der Waals surface area contributed by atoms with Crippen molar-refractivity contribution >= 4 is 0 Å². The second-order valence-corrected chi connectivity index (χ2v) is 4.01. The molecule has 108 valence electrons. The van der Waals surface area contributed by atoms with E-state index in [-0.39, 0.29) is 13.2 Å². The van der Waals surface area contributed by atoms with E-state index >= 15 is 0 Å². The summed E-state index contributed by atoms with van der Waals surface area (Å²) < 4.78 is 44.9. The van der Waals surface area contributed by atoms with Gasteiger partial charge in [0.2, 0.25) is 0 Å². The van der Waals surface area contributed by atoms with Crippen LogP contribution in [0.15, 0.2) is 24.3 Å². The number of halogens is 3. The molecule has 1 rings (SSSR count). The molecule has 0 amide bonds. The molecule has 0 aliphatic rings. The molecule has 1 N–H and O–H groups in total. The Kier molecular flexibility index (Phi) is 6.11. The Morgan fingerprint density at radius 2 is 1.79 bits per heavy atom. The topological polar surface area (TPSA) is 38.7 Å². The Labute approximate surface area is 110 Å². The molecule has 0 heterocycles. The molecular weight excluding hydrogens is 261 g/mol. The number of hydrogen-bond donors (Lipinski definition) is 1. The third kappa shape index (κ3) is 6.45. The predicted molar refractivity (Wildman–Crippen MR) is 64.1 cm³/mol. The molecular formula is C13H17F3O3. The van der Waals surface area contributed by atoms with Gasteiger partial charge in [0.25, 0.3) is 0 Å². The van der Waals surface area contributed by atoms with Gasteiger partial charge in [0.1, 0.15) is 19.0 Å². The predicted octanol–water partition coefficient (Wildman–Crippen LogP) is 3.09. The van der Waals surface area contributed by atoms with Crippen LogP contribution in [0.4, 0.5) is 13.2 Å². The van der Waals surface area contributed by atoms with Crippen molar-refractivity contribution in [3.63, 3.8) is 0 Å². The highest BCUT2D eigenvalue weighted by molar-refractivity contribution is 5.28. The maximum absolute atomic E-state index is 11.8. The Hall–Kier alpha value is -1.27. The van der Waals surface area contributed by atoms with Gasteiger partial charge >= 0.3 is 6.18 Å². The fourth-order valence-electron chi connectivity index (χ4n) is 1.43. The van der Waals surface area contributed by atoms with E-state index in [0.29, 0.717) is 12.2 Å². The van der Waals surface area contributed by atoms with Gasteiger partial charge in [0, 0.05) is 0 Å². The van der Waals surface area contributed by atoms with Crippen LogP contribution in [0.5, 0.6) is 5.75 Å². The van der Waals surface area contributed by atoms with Gasteiger partial charge in [-0.05, 0) is 24.1 Å². The van der Waals surface area contributed by atoms with Crippen LogP contribution in [0.2, 0.25) is 0 Å². The fraction of sp³-hybridized carbons (Fsp3) is 0.538. The summed E-state index contributed by atoms with van der Waals surface area (Å²) in [5, 5.41) is 9.58. The van der Waals surface area contributed by atoms with Crippen molar-refractivity contribution in [2.24, 2.45) is 0 Å². The molecule has 1 aromatic rings. The summed E-state index contributed by atoms with van der Waals surface area (Å²) in [6, 6.07) is 6.77. The molecule has 1 atom stereocenters. The number of aliphatic hydroxyl groups excluding tert-OH is 1. The average molecular weight is 278 g/mol. The van der Waals surface area contributed by atoms with Crippen LogP contribution in [0.1, 0.15) is 25.0 Å². The van der Waals surface area contributed by atoms with Gasteiger partial charge in [0.15, 0.2) is 0 Å². The van der Waals surface area contributed by atoms with Crippen LogP contribution in [-0.2, 0) is 4.74 Å². The summed E-state index contributed by atoms with van der Waals surface area (Å²) in [6.07, 6.45) is -4.20. The molecule has 1 unspecified atom stereocenters. The van der Waals surface area contributed by atoms with Crippen molar-refractivity contribution in [2.45, 2.75) is 25.6 Å². The summed E-state index contributed by atoms with van der Waals surface area (Å²) in [7, 11) is 0. The first-order chi connectivity index (χ1) is 8.92. The lowest BCUT2D eigenvalue weighted by Gasteiger charge is -2.11. The molecule has 0 bridgehead atoms. The van der Waals surface area contributed by atoms with Crippen molar-refractivity contribution < 1.29 is 27.8 Å². The maximum Gasteiger partial charge on any atom is 0.411 e. The van der Waals surface area contributed by atoms with Crippen LogP contribution in [0.3, 0.4) is 0 Å².